The maximum absolute atomic E-state index is 12.5. The topological polar surface area (TPSA) is 64.7 Å². The van der Waals surface area contributed by atoms with Crippen LogP contribution in [0.25, 0.3) is 0 Å². The van der Waals surface area contributed by atoms with Gasteiger partial charge in [0.05, 0.1) is 10.7 Å². The van der Waals surface area contributed by atoms with Crippen LogP contribution in [0.1, 0.15) is 10.4 Å². The number of rotatable bonds is 2. The summed E-state index contributed by atoms with van der Waals surface area (Å²) in [6, 6.07) is 4.92. The van der Waals surface area contributed by atoms with Gasteiger partial charge in [-0.2, -0.15) is 0 Å². The minimum absolute atomic E-state index is 0.0194. The van der Waals surface area contributed by atoms with Gasteiger partial charge in [0.1, 0.15) is 0 Å². The van der Waals surface area contributed by atoms with Crippen LogP contribution < -0.4 is 15.5 Å². The molecule has 2 N–H and O–H groups in total. The molecule has 2 heterocycles. The van der Waals surface area contributed by atoms with Crippen LogP contribution in [0.3, 0.4) is 0 Å². The molecule has 2 aliphatic rings. The highest BCUT2D eigenvalue weighted by Gasteiger charge is 2.25. The van der Waals surface area contributed by atoms with Gasteiger partial charge in [-0.3, -0.25) is 9.69 Å². The molecule has 0 unspecified atom stereocenters. The molecule has 0 atom stereocenters. The zero-order chi connectivity index (χ0) is 14.8. The Kier molecular flexibility index (Phi) is 3.98. The van der Waals surface area contributed by atoms with Crippen molar-refractivity contribution < 1.29 is 9.59 Å². The van der Waals surface area contributed by atoms with Crippen molar-refractivity contribution >= 4 is 29.2 Å². The standard InChI is InChI=1S/C14H17ClN4O2/c15-11-2-1-10(13(20)18-6-3-16-4-7-18)9-12(11)19-8-5-17-14(19)21/h1-2,9,16H,3-8H2,(H,17,21). The highest BCUT2D eigenvalue weighted by Crippen LogP contribution is 2.28. The van der Waals surface area contributed by atoms with E-state index >= 15 is 0 Å². The number of hydrogen-bond donors (Lipinski definition) is 2. The number of hydrogen-bond acceptors (Lipinski definition) is 3. The molecule has 2 aliphatic heterocycles. The van der Waals surface area contributed by atoms with E-state index in [1.807, 2.05) is 4.90 Å². The summed E-state index contributed by atoms with van der Waals surface area (Å²) >= 11 is 6.18. The summed E-state index contributed by atoms with van der Waals surface area (Å²) in [6.45, 7) is 4.15. The Hall–Kier alpha value is -1.79. The highest BCUT2D eigenvalue weighted by atomic mass is 35.5. The predicted molar refractivity (Wildman–Crippen MR) is 81.0 cm³/mol. The normalized spacial score (nSPS) is 18.8. The van der Waals surface area contributed by atoms with Crippen LogP contribution in [0.2, 0.25) is 5.02 Å². The van der Waals surface area contributed by atoms with Crippen LogP contribution in [-0.4, -0.2) is 56.1 Å². The summed E-state index contributed by atoms with van der Waals surface area (Å²) in [5, 5.41) is 6.42. The Morgan fingerprint density at radius 1 is 1.14 bits per heavy atom. The average molecular weight is 309 g/mol. The number of carbonyl (C=O) groups excluding carboxylic acids is 2. The van der Waals surface area contributed by atoms with Gasteiger partial charge in [-0.25, -0.2) is 4.79 Å². The monoisotopic (exact) mass is 308 g/mol. The minimum atomic E-state index is -0.177. The van der Waals surface area contributed by atoms with Gasteiger partial charge >= 0.3 is 6.03 Å². The van der Waals surface area contributed by atoms with Crippen LogP contribution in [0.5, 0.6) is 0 Å². The summed E-state index contributed by atoms with van der Waals surface area (Å²) in [5.41, 5.74) is 1.16. The van der Waals surface area contributed by atoms with Gasteiger partial charge in [0.25, 0.3) is 5.91 Å². The summed E-state index contributed by atoms with van der Waals surface area (Å²) in [4.78, 5) is 27.6. The molecule has 21 heavy (non-hydrogen) atoms. The molecule has 0 bridgehead atoms. The van der Waals surface area contributed by atoms with Crippen molar-refractivity contribution in [3.05, 3.63) is 28.8 Å². The Balaban J connectivity index is 1.86. The Labute approximate surface area is 128 Å². The Morgan fingerprint density at radius 2 is 1.90 bits per heavy atom. The zero-order valence-electron chi connectivity index (χ0n) is 11.6. The molecule has 1 aromatic rings. The molecule has 0 radical (unpaired) electrons. The summed E-state index contributed by atoms with van der Waals surface area (Å²) in [7, 11) is 0. The first-order chi connectivity index (χ1) is 10.2. The highest BCUT2D eigenvalue weighted by molar-refractivity contribution is 6.34. The van der Waals surface area contributed by atoms with Crippen molar-refractivity contribution in [2.45, 2.75) is 0 Å². The van der Waals surface area contributed by atoms with Gasteiger partial charge in [-0.15, -0.1) is 0 Å². The maximum atomic E-state index is 12.5. The van der Waals surface area contributed by atoms with Crippen molar-refractivity contribution in [1.82, 2.24) is 15.5 Å². The Morgan fingerprint density at radius 3 is 2.57 bits per heavy atom. The largest absolute Gasteiger partial charge is 0.336 e. The van der Waals surface area contributed by atoms with Crippen molar-refractivity contribution in [1.29, 1.82) is 0 Å². The van der Waals surface area contributed by atoms with Gasteiger partial charge < -0.3 is 15.5 Å². The van der Waals surface area contributed by atoms with E-state index < -0.39 is 0 Å². The van der Waals surface area contributed by atoms with E-state index in [1.54, 1.807) is 23.1 Å². The van der Waals surface area contributed by atoms with E-state index in [0.29, 0.717) is 42.5 Å². The van der Waals surface area contributed by atoms with Crippen LogP contribution in [0.15, 0.2) is 18.2 Å². The molecule has 0 aliphatic carbocycles. The minimum Gasteiger partial charge on any atom is -0.336 e. The first kappa shape index (κ1) is 14.2. The van der Waals surface area contributed by atoms with Crippen molar-refractivity contribution in [2.75, 3.05) is 44.2 Å². The number of urea groups is 1. The third kappa shape index (κ3) is 2.82. The lowest BCUT2D eigenvalue weighted by Gasteiger charge is -2.28. The first-order valence-corrected chi connectivity index (χ1v) is 7.39. The smallest absolute Gasteiger partial charge is 0.322 e. The van der Waals surface area contributed by atoms with Crippen LogP contribution in [0, 0.1) is 0 Å². The van der Waals surface area contributed by atoms with Gasteiger partial charge in [-0.05, 0) is 18.2 Å². The number of piperazine rings is 1. The molecule has 1 aromatic carbocycles. The number of halogens is 1. The molecule has 3 amide bonds. The molecule has 7 heteroatoms. The molecule has 3 rings (SSSR count). The van der Waals surface area contributed by atoms with Gasteiger partial charge in [0.15, 0.2) is 0 Å². The van der Waals surface area contributed by atoms with E-state index in [-0.39, 0.29) is 11.9 Å². The van der Waals surface area contributed by atoms with E-state index in [4.69, 9.17) is 11.6 Å². The number of carbonyl (C=O) groups is 2. The summed E-state index contributed by atoms with van der Waals surface area (Å²) < 4.78 is 0. The molecular formula is C14H17ClN4O2. The molecule has 0 aromatic heterocycles. The van der Waals surface area contributed by atoms with E-state index in [9.17, 15) is 9.59 Å². The van der Waals surface area contributed by atoms with E-state index in [2.05, 4.69) is 10.6 Å². The van der Waals surface area contributed by atoms with Crippen molar-refractivity contribution in [2.24, 2.45) is 0 Å². The third-order valence-corrected chi connectivity index (χ3v) is 4.06. The molecule has 0 spiro atoms. The quantitative estimate of drug-likeness (QED) is 0.854. The fourth-order valence-electron chi connectivity index (χ4n) is 2.60. The molecule has 2 fully saturated rings. The average Bonchev–Trinajstić information content (AvgIpc) is 2.94. The number of anilines is 1. The van der Waals surface area contributed by atoms with Gasteiger partial charge in [-0.1, -0.05) is 11.6 Å². The molecule has 0 saturated carbocycles. The second-order valence-electron chi connectivity index (χ2n) is 5.09. The van der Waals surface area contributed by atoms with E-state index in [0.717, 1.165) is 13.1 Å². The number of benzene rings is 1. The third-order valence-electron chi connectivity index (χ3n) is 3.74. The van der Waals surface area contributed by atoms with Crippen molar-refractivity contribution in [3.8, 4) is 0 Å². The number of amides is 3. The lowest BCUT2D eigenvalue weighted by Crippen LogP contribution is -2.46. The lowest BCUT2D eigenvalue weighted by molar-refractivity contribution is 0.0736. The lowest BCUT2D eigenvalue weighted by atomic mass is 10.1. The second kappa shape index (κ2) is 5.91. The SMILES string of the molecule is O=C(c1ccc(Cl)c(N2CCNC2=O)c1)N1CCNCC1. The van der Waals surface area contributed by atoms with Gasteiger partial charge in [0, 0.05) is 44.8 Å². The molecular weight excluding hydrogens is 292 g/mol. The fourth-order valence-corrected chi connectivity index (χ4v) is 2.82. The molecule has 112 valence electrons. The van der Waals surface area contributed by atoms with Gasteiger partial charge in [0.2, 0.25) is 0 Å². The summed E-state index contributed by atoms with van der Waals surface area (Å²) in [6.07, 6.45) is 0. The van der Waals surface area contributed by atoms with Crippen LogP contribution in [-0.2, 0) is 0 Å². The Bertz CT molecular complexity index is 572. The van der Waals surface area contributed by atoms with Crippen LogP contribution >= 0.6 is 11.6 Å². The molecule has 2 saturated heterocycles. The number of nitrogens with zero attached hydrogens (tertiary/aromatic N) is 2. The number of nitrogens with one attached hydrogen (secondary N) is 2. The maximum Gasteiger partial charge on any atom is 0.322 e. The van der Waals surface area contributed by atoms with E-state index in [1.165, 1.54) is 0 Å². The first-order valence-electron chi connectivity index (χ1n) is 7.02. The second-order valence-corrected chi connectivity index (χ2v) is 5.50. The zero-order valence-corrected chi connectivity index (χ0v) is 12.3. The predicted octanol–water partition coefficient (Wildman–Crippen LogP) is 0.915. The van der Waals surface area contributed by atoms with Crippen molar-refractivity contribution in [3.63, 3.8) is 0 Å². The molecule has 6 nitrogen and oxygen atoms in total. The fraction of sp³-hybridized carbons (Fsp3) is 0.429. The van der Waals surface area contributed by atoms with Crippen LogP contribution in [0.4, 0.5) is 10.5 Å². The summed E-state index contributed by atoms with van der Waals surface area (Å²) in [5.74, 6) is -0.0194.